The SMILES string of the molecule is CC(C)C(C)N1CCCCC1=O. The fraction of sp³-hybridized carbons (Fsp3) is 0.900. The van der Waals surface area contributed by atoms with Crippen LogP contribution >= 0.6 is 0 Å². The molecular formula is C10H19NO. The molecule has 0 spiro atoms. The number of piperidine rings is 1. The van der Waals surface area contributed by atoms with Crippen molar-refractivity contribution in [2.24, 2.45) is 5.92 Å². The smallest absolute Gasteiger partial charge is 0.222 e. The van der Waals surface area contributed by atoms with E-state index in [9.17, 15) is 4.79 Å². The molecule has 0 bridgehead atoms. The summed E-state index contributed by atoms with van der Waals surface area (Å²) in [7, 11) is 0. The molecule has 1 aliphatic heterocycles. The van der Waals surface area contributed by atoms with Gasteiger partial charge in [0.2, 0.25) is 5.91 Å². The summed E-state index contributed by atoms with van der Waals surface area (Å²) in [6.45, 7) is 7.46. The standard InChI is InChI=1S/C10H19NO/c1-8(2)9(3)11-7-5-4-6-10(11)12/h8-9H,4-7H2,1-3H3. The minimum Gasteiger partial charge on any atom is -0.340 e. The molecule has 1 unspecified atom stereocenters. The third kappa shape index (κ3) is 1.99. The summed E-state index contributed by atoms with van der Waals surface area (Å²) in [6, 6.07) is 0.415. The van der Waals surface area contributed by atoms with E-state index in [1.165, 1.54) is 6.42 Å². The van der Waals surface area contributed by atoms with Crippen LogP contribution in [0.5, 0.6) is 0 Å². The lowest BCUT2D eigenvalue weighted by atomic mass is 10.0. The summed E-state index contributed by atoms with van der Waals surface area (Å²) in [5, 5.41) is 0. The first-order valence-electron chi connectivity index (χ1n) is 4.92. The molecule has 1 atom stereocenters. The van der Waals surface area contributed by atoms with E-state index >= 15 is 0 Å². The number of nitrogens with zero attached hydrogens (tertiary/aromatic N) is 1. The van der Waals surface area contributed by atoms with Crippen LogP contribution in [0.4, 0.5) is 0 Å². The largest absolute Gasteiger partial charge is 0.340 e. The van der Waals surface area contributed by atoms with Crippen LogP contribution in [0.1, 0.15) is 40.0 Å². The van der Waals surface area contributed by atoms with Gasteiger partial charge in [0.25, 0.3) is 0 Å². The maximum Gasteiger partial charge on any atom is 0.222 e. The monoisotopic (exact) mass is 169 g/mol. The van der Waals surface area contributed by atoms with Gasteiger partial charge >= 0.3 is 0 Å². The van der Waals surface area contributed by atoms with E-state index in [0.717, 1.165) is 19.4 Å². The number of amides is 1. The molecule has 2 nitrogen and oxygen atoms in total. The van der Waals surface area contributed by atoms with Gasteiger partial charge in [-0.1, -0.05) is 13.8 Å². The van der Waals surface area contributed by atoms with Gasteiger partial charge in [0, 0.05) is 19.0 Å². The minimum atomic E-state index is 0.349. The molecular weight excluding hydrogens is 150 g/mol. The van der Waals surface area contributed by atoms with Crippen LogP contribution in [0, 0.1) is 5.92 Å². The van der Waals surface area contributed by atoms with E-state index in [1.54, 1.807) is 0 Å². The Morgan fingerprint density at radius 1 is 1.25 bits per heavy atom. The summed E-state index contributed by atoms with van der Waals surface area (Å²) in [6.07, 6.45) is 3.03. The van der Waals surface area contributed by atoms with Crippen LogP contribution in [0.25, 0.3) is 0 Å². The van der Waals surface area contributed by atoms with Gasteiger partial charge in [0.05, 0.1) is 0 Å². The molecule has 1 saturated heterocycles. The zero-order valence-electron chi connectivity index (χ0n) is 8.34. The van der Waals surface area contributed by atoms with Crippen LogP contribution < -0.4 is 0 Å². The molecule has 2 heteroatoms. The first kappa shape index (κ1) is 9.56. The molecule has 0 saturated carbocycles. The zero-order chi connectivity index (χ0) is 9.14. The normalized spacial score (nSPS) is 21.7. The Balaban J connectivity index is 2.53. The maximum atomic E-state index is 11.5. The highest BCUT2D eigenvalue weighted by Crippen LogP contribution is 2.17. The molecule has 1 aliphatic rings. The van der Waals surface area contributed by atoms with Gasteiger partial charge in [-0.15, -0.1) is 0 Å². The van der Waals surface area contributed by atoms with Crippen molar-refractivity contribution < 1.29 is 4.79 Å². The molecule has 0 aliphatic carbocycles. The van der Waals surface area contributed by atoms with Crippen molar-refractivity contribution in [3.05, 3.63) is 0 Å². The molecule has 0 aromatic rings. The Morgan fingerprint density at radius 3 is 2.42 bits per heavy atom. The summed E-state index contributed by atoms with van der Waals surface area (Å²) in [4.78, 5) is 13.5. The van der Waals surface area contributed by atoms with E-state index in [1.807, 2.05) is 4.90 Å². The molecule has 70 valence electrons. The second kappa shape index (κ2) is 3.92. The van der Waals surface area contributed by atoms with Crippen molar-refractivity contribution in [1.29, 1.82) is 0 Å². The van der Waals surface area contributed by atoms with Crippen molar-refractivity contribution in [2.45, 2.75) is 46.1 Å². The molecule has 1 rings (SSSR count). The van der Waals surface area contributed by atoms with Crippen LogP contribution in [0.2, 0.25) is 0 Å². The second-order valence-corrected chi connectivity index (χ2v) is 4.03. The van der Waals surface area contributed by atoms with Crippen LogP contribution in [-0.4, -0.2) is 23.4 Å². The Kier molecular flexibility index (Phi) is 3.12. The maximum absolute atomic E-state index is 11.5. The predicted octanol–water partition coefficient (Wildman–Crippen LogP) is 2.04. The van der Waals surface area contributed by atoms with Crippen molar-refractivity contribution in [2.75, 3.05) is 6.54 Å². The van der Waals surface area contributed by atoms with Crippen LogP contribution in [0.3, 0.4) is 0 Å². The van der Waals surface area contributed by atoms with Crippen molar-refractivity contribution in [3.8, 4) is 0 Å². The Bertz CT molecular complexity index is 165. The molecule has 0 N–H and O–H groups in total. The average Bonchev–Trinajstić information content (AvgIpc) is 2.04. The lowest BCUT2D eigenvalue weighted by Gasteiger charge is -2.34. The zero-order valence-corrected chi connectivity index (χ0v) is 8.34. The Hall–Kier alpha value is -0.530. The van der Waals surface area contributed by atoms with Crippen molar-refractivity contribution in [1.82, 2.24) is 4.90 Å². The molecule has 1 heterocycles. The summed E-state index contributed by atoms with van der Waals surface area (Å²) in [5.74, 6) is 0.925. The third-order valence-corrected chi connectivity index (χ3v) is 2.82. The highest BCUT2D eigenvalue weighted by molar-refractivity contribution is 5.77. The third-order valence-electron chi connectivity index (χ3n) is 2.82. The summed E-state index contributed by atoms with van der Waals surface area (Å²) in [5.41, 5.74) is 0. The fourth-order valence-electron chi connectivity index (χ4n) is 1.62. The highest BCUT2D eigenvalue weighted by atomic mass is 16.2. The lowest BCUT2D eigenvalue weighted by Crippen LogP contribution is -2.44. The Labute approximate surface area is 74.9 Å². The van der Waals surface area contributed by atoms with E-state index in [-0.39, 0.29) is 0 Å². The quantitative estimate of drug-likeness (QED) is 0.619. The Morgan fingerprint density at radius 2 is 1.92 bits per heavy atom. The first-order valence-corrected chi connectivity index (χ1v) is 4.92. The van der Waals surface area contributed by atoms with Crippen molar-refractivity contribution >= 4 is 5.91 Å². The highest BCUT2D eigenvalue weighted by Gasteiger charge is 2.24. The van der Waals surface area contributed by atoms with Crippen LogP contribution in [-0.2, 0) is 4.79 Å². The van der Waals surface area contributed by atoms with Crippen LogP contribution in [0.15, 0.2) is 0 Å². The van der Waals surface area contributed by atoms with Gasteiger partial charge in [-0.2, -0.15) is 0 Å². The number of likely N-dealkylation sites (tertiary alicyclic amines) is 1. The molecule has 0 radical (unpaired) electrons. The lowest BCUT2D eigenvalue weighted by molar-refractivity contribution is -0.136. The predicted molar refractivity (Wildman–Crippen MR) is 49.9 cm³/mol. The number of rotatable bonds is 2. The van der Waals surface area contributed by atoms with E-state index < -0.39 is 0 Å². The van der Waals surface area contributed by atoms with Gasteiger partial charge in [0.1, 0.15) is 0 Å². The van der Waals surface area contributed by atoms with Crippen molar-refractivity contribution in [3.63, 3.8) is 0 Å². The number of carbonyl (C=O) groups is 1. The topological polar surface area (TPSA) is 20.3 Å². The van der Waals surface area contributed by atoms with Gasteiger partial charge in [0.15, 0.2) is 0 Å². The van der Waals surface area contributed by atoms with Gasteiger partial charge in [-0.05, 0) is 25.7 Å². The summed E-state index contributed by atoms with van der Waals surface area (Å²) < 4.78 is 0. The van der Waals surface area contributed by atoms with Gasteiger partial charge < -0.3 is 4.90 Å². The fourth-order valence-corrected chi connectivity index (χ4v) is 1.62. The molecule has 0 aromatic carbocycles. The molecule has 12 heavy (non-hydrogen) atoms. The number of carbonyl (C=O) groups excluding carboxylic acids is 1. The second-order valence-electron chi connectivity index (χ2n) is 4.03. The van der Waals surface area contributed by atoms with E-state index in [0.29, 0.717) is 17.9 Å². The average molecular weight is 169 g/mol. The number of hydrogen-bond acceptors (Lipinski definition) is 1. The molecule has 0 aromatic heterocycles. The number of hydrogen-bond donors (Lipinski definition) is 0. The minimum absolute atomic E-state index is 0.349. The van der Waals surface area contributed by atoms with Gasteiger partial charge in [-0.25, -0.2) is 0 Å². The molecule has 1 amide bonds. The van der Waals surface area contributed by atoms with E-state index in [4.69, 9.17) is 0 Å². The van der Waals surface area contributed by atoms with Gasteiger partial charge in [-0.3, -0.25) is 4.79 Å². The molecule has 1 fully saturated rings. The van der Waals surface area contributed by atoms with E-state index in [2.05, 4.69) is 20.8 Å². The summed E-state index contributed by atoms with van der Waals surface area (Å²) >= 11 is 0. The first-order chi connectivity index (χ1) is 5.63.